The van der Waals surface area contributed by atoms with Crippen molar-refractivity contribution >= 4 is 17.4 Å². The molecule has 4 nitrogen and oxygen atoms in total. The van der Waals surface area contributed by atoms with Gasteiger partial charge in [0.05, 0.1) is 10.7 Å². The van der Waals surface area contributed by atoms with Crippen molar-refractivity contribution in [2.24, 2.45) is 7.05 Å². The minimum Gasteiger partial charge on any atom is -0.506 e. The van der Waals surface area contributed by atoms with E-state index in [9.17, 15) is 5.11 Å². The topological polar surface area (TPSA) is 64.1 Å². The van der Waals surface area contributed by atoms with E-state index in [1.165, 1.54) is 0 Å². The van der Waals surface area contributed by atoms with Crippen molar-refractivity contribution in [2.75, 3.05) is 5.73 Å². The monoisotopic (exact) mass is 237 g/mol. The van der Waals surface area contributed by atoms with Crippen LogP contribution >= 0.6 is 11.6 Å². The molecule has 3 N–H and O–H groups in total. The maximum absolute atomic E-state index is 9.91. The molecule has 1 aromatic heterocycles. The molecular formula is C11H12ClN3O. The molecule has 84 valence electrons. The Morgan fingerprint density at radius 1 is 1.44 bits per heavy atom. The number of nitrogens with zero attached hydrogens (tertiary/aromatic N) is 2. The van der Waals surface area contributed by atoms with Gasteiger partial charge < -0.3 is 10.8 Å². The fourth-order valence-electron chi connectivity index (χ4n) is 1.59. The van der Waals surface area contributed by atoms with Gasteiger partial charge in [-0.2, -0.15) is 5.10 Å². The minimum atomic E-state index is 0.0415. The highest BCUT2D eigenvalue weighted by Gasteiger charge is 2.14. The van der Waals surface area contributed by atoms with Crippen LogP contribution in [0.3, 0.4) is 0 Å². The van der Waals surface area contributed by atoms with Crippen molar-refractivity contribution in [2.45, 2.75) is 6.92 Å². The zero-order chi connectivity index (χ0) is 11.9. The van der Waals surface area contributed by atoms with Crippen molar-refractivity contribution in [1.82, 2.24) is 9.78 Å². The molecule has 0 atom stereocenters. The number of phenols is 1. The molecule has 0 amide bonds. The molecule has 0 bridgehead atoms. The Kier molecular flexibility index (Phi) is 2.52. The number of rotatable bonds is 1. The van der Waals surface area contributed by atoms with Gasteiger partial charge in [0, 0.05) is 18.7 Å². The van der Waals surface area contributed by atoms with Crippen LogP contribution in [0.2, 0.25) is 5.02 Å². The number of halogens is 1. The number of aromatic hydroxyl groups is 1. The van der Waals surface area contributed by atoms with Crippen molar-refractivity contribution < 1.29 is 5.11 Å². The summed E-state index contributed by atoms with van der Waals surface area (Å²) in [6.45, 7) is 1.89. The van der Waals surface area contributed by atoms with Gasteiger partial charge in [-0.3, -0.25) is 4.68 Å². The van der Waals surface area contributed by atoms with E-state index < -0.39 is 0 Å². The molecule has 0 spiro atoms. The number of benzene rings is 1. The first kappa shape index (κ1) is 10.8. The second-order valence-corrected chi connectivity index (χ2v) is 4.07. The zero-order valence-corrected chi connectivity index (χ0v) is 9.78. The van der Waals surface area contributed by atoms with Gasteiger partial charge in [0.15, 0.2) is 0 Å². The van der Waals surface area contributed by atoms with E-state index in [1.807, 2.05) is 13.0 Å². The summed E-state index contributed by atoms with van der Waals surface area (Å²) in [5, 5.41) is 14.4. The Balaban J connectivity index is 2.68. The quantitative estimate of drug-likeness (QED) is 0.800. The molecule has 0 radical (unpaired) electrons. The van der Waals surface area contributed by atoms with Crippen molar-refractivity contribution in [1.29, 1.82) is 0 Å². The normalized spacial score (nSPS) is 10.7. The summed E-state index contributed by atoms with van der Waals surface area (Å²) in [6, 6.07) is 5.20. The number of nitrogen functional groups attached to an aromatic ring is 1. The lowest BCUT2D eigenvalue weighted by atomic mass is 10.0. The van der Waals surface area contributed by atoms with Crippen LogP contribution in [0.1, 0.15) is 5.56 Å². The van der Waals surface area contributed by atoms with Gasteiger partial charge in [0.1, 0.15) is 11.6 Å². The number of hydrogen-bond donors (Lipinski definition) is 2. The Labute approximate surface area is 98.3 Å². The number of aryl methyl sites for hydroxylation is 2. The average Bonchev–Trinajstić information content (AvgIpc) is 2.54. The second-order valence-electron chi connectivity index (χ2n) is 3.67. The van der Waals surface area contributed by atoms with Crippen LogP contribution in [0.5, 0.6) is 5.75 Å². The van der Waals surface area contributed by atoms with E-state index in [0.717, 1.165) is 5.56 Å². The van der Waals surface area contributed by atoms with Gasteiger partial charge in [-0.1, -0.05) is 17.7 Å². The SMILES string of the molecule is Cc1ccc(Cl)c(O)c1-c1cc(N)n(C)n1. The number of anilines is 1. The summed E-state index contributed by atoms with van der Waals surface area (Å²) >= 11 is 5.87. The smallest absolute Gasteiger partial charge is 0.143 e. The molecular weight excluding hydrogens is 226 g/mol. The minimum absolute atomic E-state index is 0.0415. The van der Waals surface area contributed by atoms with Gasteiger partial charge in [0.2, 0.25) is 0 Å². The molecule has 1 aromatic carbocycles. The molecule has 5 heteroatoms. The molecule has 0 saturated carbocycles. The molecule has 0 aliphatic carbocycles. The van der Waals surface area contributed by atoms with Crippen molar-refractivity contribution in [3.8, 4) is 17.0 Å². The highest BCUT2D eigenvalue weighted by Crippen LogP contribution is 2.37. The summed E-state index contributed by atoms with van der Waals surface area (Å²) in [5.74, 6) is 0.577. The molecule has 0 saturated heterocycles. The highest BCUT2D eigenvalue weighted by molar-refractivity contribution is 6.32. The number of nitrogens with two attached hydrogens (primary N) is 1. The largest absolute Gasteiger partial charge is 0.506 e. The fourth-order valence-corrected chi connectivity index (χ4v) is 1.75. The summed E-state index contributed by atoms with van der Waals surface area (Å²) in [7, 11) is 1.75. The third kappa shape index (κ3) is 1.61. The standard InChI is InChI=1S/C11H12ClN3O/c1-6-3-4-7(12)11(16)10(6)8-5-9(13)15(2)14-8/h3-5,16H,13H2,1-2H3. The van der Waals surface area contributed by atoms with Crippen LogP contribution in [0.25, 0.3) is 11.3 Å². The highest BCUT2D eigenvalue weighted by atomic mass is 35.5. The van der Waals surface area contributed by atoms with Gasteiger partial charge in [-0.15, -0.1) is 0 Å². The van der Waals surface area contributed by atoms with Crippen LogP contribution in [0.15, 0.2) is 18.2 Å². The Morgan fingerprint density at radius 3 is 2.69 bits per heavy atom. The second kappa shape index (κ2) is 3.72. The number of aromatic nitrogens is 2. The molecule has 0 fully saturated rings. The third-order valence-corrected chi connectivity index (χ3v) is 2.81. The molecule has 1 heterocycles. The van der Waals surface area contributed by atoms with E-state index in [0.29, 0.717) is 22.1 Å². The molecule has 0 aliphatic heterocycles. The molecule has 2 rings (SSSR count). The van der Waals surface area contributed by atoms with Crippen molar-refractivity contribution in [3.05, 3.63) is 28.8 Å². The predicted octanol–water partition coefficient (Wildman–Crippen LogP) is 2.34. The first-order valence-electron chi connectivity index (χ1n) is 4.78. The van der Waals surface area contributed by atoms with E-state index in [4.69, 9.17) is 17.3 Å². The summed E-state index contributed by atoms with van der Waals surface area (Å²) in [4.78, 5) is 0. The van der Waals surface area contributed by atoms with Gasteiger partial charge in [-0.25, -0.2) is 0 Å². The lowest BCUT2D eigenvalue weighted by Crippen LogP contribution is -1.96. The van der Waals surface area contributed by atoms with Gasteiger partial charge >= 0.3 is 0 Å². The Bertz CT molecular complexity index is 529. The molecule has 2 aromatic rings. The van der Waals surface area contributed by atoms with E-state index in [-0.39, 0.29) is 5.75 Å². The van der Waals surface area contributed by atoms with Crippen LogP contribution in [-0.4, -0.2) is 14.9 Å². The summed E-state index contributed by atoms with van der Waals surface area (Å²) < 4.78 is 1.55. The summed E-state index contributed by atoms with van der Waals surface area (Å²) in [6.07, 6.45) is 0. The third-order valence-electron chi connectivity index (χ3n) is 2.51. The maximum atomic E-state index is 9.91. The summed E-state index contributed by atoms with van der Waals surface area (Å²) in [5.41, 5.74) is 7.85. The average molecular weight is 238 g/mol. The Hall–Kier alpha value is -1.68. The van der Waals surface area contributed by atoms with Crippen molar-refractivity contribution in [3.63, 3.8) is 0 Å². The molecule has 0 unspecified atom stereocenters. The predicted molar refractivity (Wildman–Crippen MR) is 64.5 cm³/mol. The lowest BCUT2D eigenvalue weighted by Gasteiger charge is -2.06. The van der Waals surface area contributed by atoms with Gasteiger partial charge in [0.25, 0.3) is 0 Å². The van der Waals surface area contributed by atoms with Crippen LogP contribution in [0, 0.1) is 6.92 Å². The fraction of sp³-hybridized carbons (Fsp3) is 0.182. The van der Waals surface area contributed by atoms with Crippen LogP contribution < -0.4 is 5.73 Å². The number of phenolic OH excluding ortho intramolecular Hbond substituents is 1. The Morgan fingerprint density at radius 2 is 2.12 bits per heavy atom. The van der Waals surface area contributed by atoms with E-state index in [1.54, 1.807) is 23.9 Å². The lowest BCUT2D eigenvalue weighted by molar-refractivity contribution is 0.477. The molecule has 16 heavy (non-hydrogen) atoms. The number of hydrogen-bond acceptors (Lipinski definition) is 3. The van der Waals surface area contributed by atoms with Crippen LogP contribution in [-0.2, 0) is 7.05 Å². The first-order chi connectivity index (χ1) is 7.50. The van der Waals surface area contributed by atoms with E-state index >= 15 is 0 Å². The van der Waals surface area contributed by atoms with E-state index in [2.05, 4.69) is 5.10 Å². The first-order valence-corrected chi connectivity index (χ1v) is 5.16. The zero-order valence-electron chi connectivity index (χ0n) is 9.03. The van der Waals surface area contributed by atoms with Gasteiger partial charge in [-0.05, 0) is 18.6 Å². The maximum Gasteiger partial charge on any atom is 0.143 e. The van der Waals surface area contributed by atoms with Crippen LogP contribution in [0.4, 0.5) is 5.82 Å². The molecule has 0 aliphatic rings.